The summed E-state index contributed by atoms with van der Waals surface area (Å²) in [7, 11) is 1.70. The number of benzene rings is 2. The SMILES string of the molecule is COc1ccccc1C1(CNC(=O)CCSc2ccccc2)CCOCC1. The summed E-state index contributed by atoms with van der Waals surface area (Å²) in [6.07, 6.45) is 2.27. The summed E-state index contributed by atoms with van der Waals surface area (Å²) in [5.41, 5.74) is 1.03. The maximum absolute atomic E-state index is 12.4. The fourth-order valence-corrected chi connectivity index (χ4v) is 4.39. The van der Waals surface area contributed by atoms with Crippen LogP contribution in [0.3, 0.4) is 0 Å². The number of rotatable bonds is 8. The van der Waals surface area contributed by atoms with Gasteiger partial charge in [0.1, 0.15) is 5.75 Å². The van der Waals surface area contributed by atoms with E-state index in [1.807, 2.05) is 36.4 Å². The molecule has 1 saturated heterocycles. The fraction of sp³-hybridized carbons (Fsp3) is 0.409. The molecule has 1 N–H and O–H groups in total. The zero-order valence-corrected chi connectivity index (χ0v) is 16.6. The van der Waals surface area contributed by atoms with Gasteiger partial charge in [-0.3, -0.25) is 4.79 Å². The van der Waals surface area contributed by atoms with E-state index in [-0.39, 0.29) is 11.3 Å². The molecular formula is C22H27NO3S. The van der Waals surface area contributed by atoms with Crippen LogP contribution in [0.1, 0.15) is 24.8 Å². The van der Waals surface area contributed by atoms with Gasteiger partial charge in [-0.2, -0.15) is 0 Å². The van der Waals surface area contributed by atoms with Crippen LogP contribution in [0, 0.1) is 0 Å². The van der Waals surface area contributed by atoms with E-state index < -0.39 is 0 Å². The van der Waals surface area contributed by atoms with E-state index in [0.717, 1.165) is 29.9 Å². The minimum atomic E-state index is -0.132. The Kier molecular flexibility index (Phi) is 7.18. The summed E-state index contributed by atoms with van der Waals surface area (Å²) < 4.78 is 11.2. The first-order valence-corrected chi connectivity index (χ1v) is 10.4. The van der Waals surface area contributed by atoms with E-state index in [2.05, 4.69) is 23.5 Å². The van der Waals surface area contributed by atoms with Gasteiger partial charge in [0.25, 0.3) is 0 Å². The second-order valence-corrected chi connectivity index (χ2v) is 7.95. The average molecular weight is 386 g/mol. The standard InChI is InChI=1S/C22H27NO3S/c1-25-20-10-6-5-9-19(20)22(12-14-26-15-13-22)17-23-21(24)11-16-27-18-7-3-2-4-8-18/h2-10H,11-17H2,1H3,(H,23,24). The van der Waals surface area contributed by atoms with Gasteiger partial charge >= 0.3 is 0 Å². The van der Waals surface area contributed by atoms with Crippen LogP contribution in [0.4, 0.5) is 0 Å². The van der Waals surface area contributed by atoms with Gasteiger partial charge < -0.3 is 14.8 Å². The van der Waals surface area contributed by atoms with Gasteiger partial charge in [0.2, 0.25) is 5.91 Å². The molecule has 2 aromatic carbocycles. The van der Waals surface area contributed by atoms with Gasteiger partial charge in [0.15, 0.2) is 0 Å². The van der Waals surface area contributed by atoms with Crippen molar-refractivity contribution in [3.8, 4) is 5.75 Å². The molecule has 0 unspecified atom stereocenters. The summed E-state index contributed by atoms with van der Waals surface area (Å²) in [5, 5.41) is 3.17. The molecule has 1 aliphatic rings. The zero-order valence-electron chi connectivity index (χ0n) is 15.8. The van der Waals surface area contributed by atoms with Crippen LogP contribution >= 0.6 is 11.8 Å². The van der Waals surface area contributed by atoms with Crippen LogP contribution < -0.4 is 10.1 Å². The first-order valence-electron chi connectivity index (χ1n) is 9.39. The molecule has 0 aromatic heterocycles. The molecule has 0 saturated carbocycles. The highest BCUT2D eigenvalue weighted by molar-refractivity contribution is 7.99. The monoisotopic (exact) mass is 385 g/mol. The normalized spacial score (nSPS) is 15.9. The quantitative estimate of drug-likeness (QED) is 0.697. The maximum Gasteiger partial charge on any atom is 0.220 e. The van der Waals surface area contributed by atoms with Crippen LogP contribution in [0.5, 0.6) is 5.75 Å². The Morgan fingerprint density at radius 3 is 2.56 bits per heavy atom. The van der Waals surface area contributed by atoms with Crippen molar-refractivity contribution in [3.63, 3.8) is 0 Å². The molecular weight excluding hydrogens is 358 g/mol. The predicted molar refractivity (Wildman–Crippen MR) is 110 cm³/mol. The Morgan fingerprint density at radius 2 is 1.81 bits per heavy atom. The molecule has 0 aliphatic carbocycles. The van der Waals surface area contributed by atoms with Crippen LogP contribution in [0.15, 0.2) is 59.5 Å². The topological polar surface area (TPSA) is 47.6 Å². The Bertz CT molecular complexity index is 729. The van der Waals surface area contributed by atoms with E-state index in [0.29, 0.717) is 26.2 Å². The molecule has 1 fully saturated rings. The van der Waals surface area contributed by atoms with Crippen LogP contribution in [-0.2, 0) is 14.9 Å². The molecule has 3 rings (SSSR count). The highest BCUT2D eigenvalue weighted by Gasteiger charge is 2.37. The van der Waals surface area contributed by atoms with Gasteiger partial charge in [-0.15, -0.1) is 11.8 Å². The largest absolute Gasteiger partial charge is 0.496 e. The molecule has 144 valence electrons. The van der Waals surface area contributed by atoms with E-state index >= 15 is 0 Å². The minimum Gasteiger partial charge on any atom is -0.496 e. The Morgan fingerprint density at radius 1 is 1.11 bits per heavy atom. The van der Waals surface area contributed by atoms with Crippen molar-refractivity contribution in [2.24, 2.45) is 0 Å². The van der Waals surface area contributed by atoms with Gasteiger partial charge in [0, 0.05) is 47.8 Å². The van der Waals surface area contributed by atoms with Gasteiger partial charge in [-0.25, -0.2) is 0 Å². The number of ether oxygens (including phenoxy) is 2. The Labute approximate surface area is 165 Å². The highest BCUT2D eigenvalue weighted by Crippen LogP contribution is 2.39. The van der Waals surface area contributed by atoms with Crippen molar-refractivity contribution in [1.82, 2.24) is 5.32 Å². The van der Waals surface area contributed by atoms with Crippen molar-refractivity contribution in [1.29, 1.82) is 0 Å². The molecule has 0 radical (unpaired) electrons. The molecule has 5 heteroatoms. The Hall–Kier alpha value is -1.98. The molecule has 0 spiro atoms. The lowest BCUT2D eigenvalue weighted by atomic mass is 9.73. The lowest BCUT2D eigenvalue weighted by molar-refractivity contribution is -0.121. The number of carbonyl (C=O) groups is 1. The zero-order chi connectivity index (χ0) is 19.0. The molecule has 1 aliphatic heterocycles. The third-order valence-corrected chi connectivity index (χ3v) is 6.11. The number of hydrogen-bond donors (Lipinski definition) is 1. The summed E-state index contributed by atoms with van der Waals surface area (Å²) >= 11 is 1.71. The minimum absolute atomic E-state index is 0.0965. The number of thioether (sulfide) groups is 1. The number of nitrogens with one attached hydrogen (secondary N) is 1. The van der Waals surface area contributed by atoms with E-state index in [1.54, 1.807) is 18.9 Å². The van der Waals surface area contributed by atoms with Gasteiger partial charge in [-0.1, -0.05) is 36.4 Å². The number of para-hydroxylation sites is 1. The third kappa shape index (κ3) is 5.27. The highest BCUT2D eigenvalue weighted by atomic mass is 32.2. The predicted octanol–water partition coefficient (Wildman–Crippen LogP) is 4.04. The van der Waals surface area contributed by atoms with Gasteiger partial charge in [-0.05, 0) is 31.0 Å². The lowest BCUT2D eigenvalue weighted by Crippen LogP contribution is -2.44. The van der Waals surface area contributed by atoms with Crippen molar-refractivity contribution in [3.05, 3.63) is 60.2 Å². The van der Waals surface area contributed by atoms with Crippen LogP contribution in [0.2, 0.25) is 0 Å². The summed E-state index contributed by atoms with van der Waals surface area (Å²) in [5.74, 6) is 1.76. The summed E-state index contributed by atoms with van der Waals surface area (Å²) in [4.78, 5) is 13.6. The maximum atomic E-state index is 12.4. The van der Waals surface area contributed by atoms with E-state index in [1.165, 1.54) is 4.90 Å². The molecule has 27 heavy (non-hydrogen) atoms. The lowest BCUT2D eigenvalue weighted by Gasteiger charge is -2.38. The molecule has 4 nitrogen and oxygen atoms in total. The fourth-order valence-electron chi connectivity index (χ4n) is 3.52. The van der Waals surface area contributed by atoms with Crippen molar-refractivity contribution in [2.75, 3.05) is 32.6 Å². The summed E-state index contributed by atoms with van der Waals surface area (Å²) in [6, 6.07) is 18.3. The Balaban J connectivity index is 1.59. The van der Waals surface area contributed by atoms with Gasteiger partial charge in [0.05, 0.1) is 7.11 Å². The van der Waals surface area contributed by atoms with Crippen LogP contribution in [0.25, 0.3) is 0 Å². The molecule has 1 heterocycles. The van der Waals surface area contributed by atoms with Crippen LogP contribution in [-0.4, -0.2) is 38.5 Å². The molecule has 0 bridgehead atoms. The van der Waals surface area contributed by atoms with E-state index in [4.69, 9.17) is 9.47 Å². The number of carbonyl (C=O) groups excluding carboxylic acids is 1. The first-order chi connectivity index (χ1) is 13.2. The second-order valence-electron chi connectivity index (χ2n) is 6.78. The molecule has 0 atom stereocenters. The molecule has 1 amide bonds. The smallest absolute Gasteiger partial charge is 0.220 e. The second kappa shape index (κ2) is 9.81. The summed E-state index contributed by atoms with van der Waals surface area (Å²) in [6.45, 7) is 2.03. The average Bonchev–Trinajstić information content (AvgIpc) is 2.74. The van der Waals surface area contributed by atoms with Crippen molar-refractivity contribution >= 4 is 17.7 Å². The van der Waals surface area contributed by atoms with Crippen molar-refractivity contribution in [2.45, 2.75) is 29.6 Å². The number of amides is 1. The van der Waals surface area contributed by atoms with E-state index in [9.17, 15) is 4.79 Å². The number of methoxy groups -OCH3 is 1. The number of hydrogen-bond acceptors (Lipinski definition) is 4. The third-order valence-electron chi connectivity index (χ3n) is 5.09. The first kappa shape index (κ1) is 19.8. The van der Waals surface area contributed by atoms with Crippen molar-refractivity contribution < 1.29 is 14.3 Å². The molecule has 2 aromatic rings.